The van der Waals surface area contributed by atoms with E-state index in [1.54, 1.807) is 6.08 Å². The second-order valence-corrected chi connectivity index (χ2v) is 3.66. The van der Waals surface area contributed by atoms with Crippen LogP contribution < -0.4 is 4.74 Å². The highest BCUT2D eigenvalue weighted by Crippen LogP contribution is 2.23. The summed E-state index contributed by atoms with van der Waals surface area (Å²) in [5.74, 6) is -0.169. The van der Waals surface area contributed by atoms with Gasteiger partial charge in [0.2, 0.25) is 0 Å². The predicted molar refractivity (Wildman–Crippen MR) is 61.0 cm³/mol. The van der Waals surface area contributed by atoms with Gasteiger partial charge < -0.3 is 9.84 Å². The van der Waals surface area contributed by atoms with Gasteiger partial charge in [-0.2, -0.15) is 0 Å². The molecule has 0 spiro atoms. The lowest BCUT2D eigenvalue weighted by molar-refractivity contribution is -0.131. The number of carboxylic acid groups (broad SMARTS) is 1. The fraction of sp³-hybridized carbons (Fsp3) is 0.182. The van der Waals surface area contributed by atoms with Crippen LogP contribution in [-0.4, -0.2) is 17.7 Å². The molecule has 0 aliphatic carbocycles. The van der Waals surface area contributed by atoms with E-state index in [1.165, 1.54) is 0 Å². The summed E-state index contributed by atoms with van der Waals surface area (Å²) in [6.07, 6.45) is 3.26. The van der Waals surface area contributed by atoms with E-state index >= 15 is 0 Å². The third kappa shape index (κ3) is 4.65. The van der Waals surface area contributed by atoms with Crippen LogP contribution in [0.25, 0.3) is 0 Å². The minimum Gasteiger partial charge on any atom is -0.492 e. The molecule has 1 rings (SSSR count). The monoisotopic (exact) mass is 270 g/mol. The van der Waals surface area contributed by atoms with Crippen LogP contribution in [0, 0.1) is 0 Å². The zero-order chi connectivity index (χ0) is 11.1. The first-order chi connectivity index (χ1) is 7.20. The number of hydrogen-bond acceptors (Lipinski definition) is 2. The Kier molecular flexibility index (Phi) is 4.90. The standard InChI is InChI=1S/C11H11BrO3/c12-9-5-1-2-6-10(9)15-8-4-3-7-11(13)14/h1-3,5-7H,4,8H2,(H,13,14)/b7-3+. The lowest BCUT2D eigenvalue weighted by atomic mass is 10.3. The number of rotatable bonds is 5. The van der Waals surface area contributed by atoms with Crippen LogP contribution in [0.1, 0.15) is 6.42 Å². The van der Waals surface area contributed by atoms with E-state index in [0.29, 0.717) is 13.0 Å². The number of carboxylic acids is 1. The number of aliphatic carboxylic acids is 1. The Morgan fingerprint density at radius 1 is 1.47 bits per heavy atom. The zero-order valence-corrected chi connectivity index (χ0v) is 9.61. The summed E-state index contributed by atoms with van der Waals surface area (Å²) in [7, 11) is 0. The molecule has 0 aliphatic rings. The van der Waals surface area contributed by atoms with E-state index in [0.717, 1.165) is 16.3 Å². The summed E-state index contributed by atoms with van der Waals surface area (Å²) in [6.45, 7) is 0.465. The molecule has 0 aliphatic heterocycles. The molecule has 0 unspecified atom stereocenters. The Bertz CT molecular complexity index is 361. The molecular weight excluding hydrogens is 260 g/mol. The Hall–Kier alpha value is -1.29. The highest BCUT2D eigenvalue weighted by Gasteiger charge is 1.97. The molecular formula is C11H11BrO3. The van der Waals surface area contributed by atoms with E-state index in [1.807, 2.05) is 24.3 Å². The van der Waals surface area contributed by atoms with Crippen molar-refractivity contribution in [2.75, 3.05) is 6.61 Å². The number of benzene rings is 1. The van der Waals surface area contributed by atoms with Crippen LogP contribution in [0.3, 0.4) is 0 Å². The topological polar surface area (TPSA) is 46.5 Å². The first-order valence-corrected chi connectivity index (χ1v) is 5.26. The maximum absolute atomic E-state index is 10.2. The van der Waals surface area contributed by atoms with Crippen molar-refractivity contribution in [2.45, 2.75) is 6.42 Å². The largest absolute Gasteiger partial charge is 0.492 e. The van der Waals surface area contributed by atoms with Gasteiger partial charge in [0.05, 0.1) is 11.1 Å². The molecule has 0 saturated heterocycles. The quantitative estimate of drug-likeness (QED) is 0.661. The number of carbonyl (C=O) groups is 1. The summed E-state index contributed by atoms with van der Waals surface area (Å²) in [4.78, 5) is 10.2. The van der Waals surface area contributed by atoms with Gasteiger partial charge >= 0.3 is 5.97 Å². The third-order valence-electron chi connectivity index (χ3n) is 1.64. The van der Waals surface area contributed by atoms with Gasteiger partial charge in [-0.25, -0.2) is 4.79 Å². The van der Waals surface area contributed by atoms with Crippen molar-refractivity contribution in [1.29, 1.82) is 0 Å². The molecule has 1 aromatic rings. The van der Waals surface area contributed by atoms with Gasteiger partial charge in [0.25, 0.3) is 0 Å². The third-order valence-corrected chi connectivity index (χ3v) is 2.29. The lowest BCUT2D eigenvalue weighted by Gasteiger charge is -2.05. The van der Waals surface area contributed by atoms with Gasteiger partial charge in [-0.1, -0.05) is 18.2 Å². The van der Waals surface area contributed by atoms with Crippen molar-refractivity contribution >= 4 is 21.9 Å². The first kappa shape index (κ1) is 11.8. The van der Waals surface area contributed by atoms with Crippen molar-refractivity contribution in [1.82, 2.24) is 0 Å². The van der Waals surface area contributed by atoms with Crippen molar-refractivity contribution in [3.05, 3.63) is 40.9 Å². The molecule has 0 bridgehead atoms. The molecule has 0 aromatic heterocycles. The average molecular weight is 271 g/mol. The molecule has 3 nitrogen and oxygen atoms in total. The Balaban J connectivity index is 2.32. The molecule has 0 fully saturated rings. The molecule has 1 aromatic carbocycles. The molecule has 0 atom stereocenters. The Morgan fingerprint density at radius 2 is 2.20 bits per heavy atom. The van der Waals surface area contributed by atoms with Crippen molar-refractivity contribution in [2.24, 2.45) is 0 Å². The zero-order valence-electron chi connectivity index (χ0n) is 8.02. The van der Waals surface area contributed by atoms with Crippen LogP contribution in [0.4, 0.5) is 0 Å². The summed E-state index contributed by atoms with van der Waals surface area (Å²) in [5.41, 5.74) is 0. The Labute approximate surface area is 96.5 Å². The second kappa shape index (κ2) is 6.24. The average Bonchev–Trinajstić information content (AvgIpc) is 2.20. The van der Waals surface area contributed by atoms with Gasteiger partial charge in [0.1, 0.15) is 5.75 Å². The number of hydrogen-bond donors (Lipinski definition) is 1. The fourth-order valence-corrected chi connectivity index (χ4v) is 1.38. The van der Waals surface area contributed by atoms with Gasteiger partial charge in [0.15, 0.2) is 0 Å². The summed E-state index contributed by atoms with van der Waals surface area (Å²) in [5, 5.41) is 8.34. The minimum atomic E-state index is -0.934. The Morgan fingerprint density at radius 3 is 2.87 bits per heavy atom. The highest BCUT2D eigenvalue weighted by molar-refractivity contribution is 9.10. The molecule has 15 heavy (non-hydrogen) atoms. The molecule has 0 heterocycles. The van der Waals surface area contributed by atoms with Crippen LogP contribution in [0.5, 0.6) is 5.75 Å². The van der Waals surface area contributed by atoms with Crippen LogP contribution in [0.2, 0.25) is 0 Å². The van der Waals surface area contributed by atoms with E-state index in [2.05, 4.69) is 15.9 Å². The SMILES string of the molecule is O=C(O)/C=C/CCOc1ccccc1Br. The smallest absolute Gasteiger partial charge is 0.327 e. The number of halogens is 1. The van der Waals surface area contributed by atoms with Crippen molar-refractivity contribution in [3.63, 3.8) is 0 Å². The highest BCUT2D eigenvalue weighted by atomic mass is 79.9. The van der Waals surface area contributed by atoms with E-state index in [4.69, 9.17) is 9.84 Å². The van der Waals surface area contributed by atoms with Crippen molar-refractivity contribution < 1.29 is 14.6 Å². The summed E-state index contributed by atoms with van der Waals surface area (Å²) in [6, 6.07) is 7.53. The van der Waals surface area contributed by atoms with Crippen molar-refractivity contribution in [3.8, 4) is 5.75 Å². The second-order valence-electron chi connectivity index (χ2n) is 2.81. The molecule has 0 saturated carbocycles. The molecule has 0 amide bonds. The molecule has 1 N–H and O–H groups in total. The normalized spacial score (nSPS) is 10.5. The van der Waals surface area contributed by atoms with Crippen LogP contribution in [0.15, 0.2) is 40.9 Å². The van der Waals surface area contributed by atoms with Gasteiger partial charge in [-0.3, -0.25) is 0 Å². The fourth-order valence-electron chi connectivity index (χ4n) is 0.983. The predicted octanol–water partition coefficient (Wildman–Crippen LogP) is 2.86. The molecule has 80 valence electrons. The minimum absolute atomic E-state index is 0.465. The van der Waals surface area contributed by atoms with E-state index in [-0.39, 0.29) is 0 Å². The lowest BCUT2D eigenvalue weighted by Crippen LogP contribution is -1.96. The number of ether oxygens (including phenoxy) is 1. The first-order valence-electron chi connectivity index (χ1n) is 4.47. The maximum atomic E-state index is 10.2. The van der Waals surface area contributed by atoms with Crippen LogP contribution >= 0.6 is 15.9 Å². The molecule has 0 radical (unpaired) electrons. The number of para-hydroxylation sites is 1. The summed E-state index contributed by atoms with van der Waals surface area (Å²) >= 11 is 3.35. The van der Waals surface area contributed by atoms with E-state index < -0.39 is 5.97 Å². The maximum Gasteiger partial charge on any atom is 0.327 e. The van der Waals surface area contributed by atoms with Gasteiger partial charge in [-0.15, -0.1) is 0 Å². The van der Waals surface area contributed by atoms with E-state index in [9.17, 15) is 4.79 Å². The molecule has 4 heteroatoms. The van der Waals surface area contributed by atoms with Crippen LogP contribution in [-0.2, 0) is 4.79 Å². The van der Waals surface area contributed by atoms with Gasteiger partial charge in [0, 0.05) is 6.08 Å². The summed E-state index contributed by atoms with van der Waals surface area (Å²) < 4.78 is 6.32. The van der Waals surface area contributed by atoms with Gasteiger partial charge in [-0.05, 0) is 34.5 Å².